The first kappa shape index (κ1) is 10.9. The number of H-pyrrole nitrogens is 1. The molecule has 0 saturated carbocycles. The molecule has 0 atom stereocenters. The van der Waals surface area contributed by atoms with Gasteiger partial charge in [0.15, 0.2) is 0 Å². The van der Waals surface area contributed by atoms with Crippen LogP contribution in [0.1, 0.15) is 0 Å². The molecule has 5 nitrogen and oxygen atoms in total. The van der Waals surface area contributed by atoms with E-state index < -0.39 is 0 Å². The minimum atomic E-state index is -0.351. The van der Waals surface area contributed by atoms with Gasteiger partial charge in [-0.3, -0.25) is 9.78 Å². The Morgan fingerprint density at radius 1 is 1.31 bits per heavy atom. The summed E-state index contributed by atoms with van der Waals surface area (Å²) in [6.45, 7) is 0. The van der Waals surface area contributed by atoms with Crippen molar-refractivity contribution in [2.24, 2.45) is 0 Å². The van der Waals surface area contributed by atoms with E-state index in [1.165, 1.54) is 0 Å². The van der Waals surface area contributed by atoms with E-state index in [2.05, 4.69) is 20.5 Å². The number of anilines is 2. The maximum atomic E-state index is 11.0. The fraction of sp³-hybridized carbons (Fsp3) is 0. The average molecular weight is 257 g/mol. The molecule has 0 saturated heterocycles. The van der Waals surface area contributed by atoms with Crippen molar-refractivity contribution in [2.45, 2.75) is 0 Å². The monoisotopic (exact) mass is 256 g/mol. The summed E-state index contributed by atoms with van der Waals surface area (Å²) in [4.78, 5) is 13.4. The Kier molecular flexibility index (Phi) is 3.07. The van der Waals surface area contributed by atoms with Gasteiger partial charge in [0.05, 0.1) is 15.7 Å². The highest BCUT2D eigenvalue weighted by Crippen LogP contribution is 2.30. The molecule has 0 spiro atoms. The summed E-state index contributed by atoms with van der Waals surface area (Å²) in [6.07, 6.45) is 1.07. The molecule has 1 aromatic heterocycles. The van der Waals surface area contributed by atoms with E-state index in [0.717, 1.165) is 6.20 Å². The lowest BCUT2D eigenvalue weighted by Crippen LogP contribution is -2.10. The fourth-order valence-corrected chi connectivity index (χ4v) is 1.44. The smallest absolute Gasteiger partial charge is 0.271 e. The van der Waals surface area contributed by atoms with E-state index >= 15 is 0 Å². The highest BCUT2D eigenvalue weighted by Gasteiger charge is 2.05. The fourth-order valence-electron chi connectivity index (χ4n) is 1.10. The van der Waals surface area contributed by atoms with Gasteiger partial charge in [0.25, 0.3) is 5.56 Å². The summed E-state index contributed by atoms with van der Waals surface area (Å²) in [5, 5.41) is 10.8. The molecule has 1 aromatic carbocycles. The molecule has 0 aliphatic carbocycles. The van der Waals surface area contributed by atoms with Crippen molar-refractivity contribution in [1.82, 2.24) is 15.2 Å². The Balaban J connectivity index is 2.34. The molecule has 2 rings (SSSR count). The van der Waals surface area contributed by atoms with E-state index in [-0.39, 0.29) is 11.5 Å². The van der Waals surface area contributed by atoms with Crippen LogP contribution in [0.25, 0.3) is 0 Å². The highest BCUT2D eigenvalue weighted by atomic mass is 35.5. The lowest BCUT2D eigenvalue weighted by molar-refractivity contribution is 0.954. The van der Waals surface area contributed by atoms with Crippen LogP contribution in [0.5, 0.6) is 0 Å². The third-order valence-electron chi connectivity index (χ3n) is 1.78. The van der Waals surface area contributed by atoms with Gasteiger partial charge in [0, 0.05) is 0 Å². The number of hydrogen-bond donors (Lipinski definition) is 2. The van der Waals surface area contributed by atoms with E-state index in [1.54, 1.807) is 18.2 Å². The van der Waals surface area contributed by atoms with Crippen LogP contribution >= 0.6 is 23.2 Å². The average Bonchev–Trinajstić information content (AvgIpc) is 2.25. The van der Waals surface area contributed by atoms with Gasteiger partial charge < -0.3 is 5.32 Å². The zero-order valence-electron chi connectivity index (χ0n) is 7.87. The summed E-state index contributed by atoms with van der Waals surface area (Å²) in [7, 11) is 0. The van der Waals surface area contributed by atoms with Crippen molar-refractivity contribution in [3.63, 3.8) is 0 Å². The normalized spacial score (nSPS) is 10.1. The maximum absolute atomic E-state index is 11.0. The van der Waals surface area contributed by atoms with E-state index in [4.69, 9.17) is 23.2 Å². The Morgan fingerprint density at radius 3 is 2.88 bits per heavy atom. The molecule has 0 amide bonds. The summed E-state index contributed by atoms with van der Waals surface area (Å²) < 4.78 is 0. The van der Waals surface area contributed by atoms with Crippen molar-refractivity contribution < 1.29 is 0 Å². The van der Waals surface area contributed by atoms with Gasteiger partial charge in [-0.05, 0) is 12.1 Å². The molecule has 2 N–H and O–H groups in total. The molecular formula is C9H6Cl2N4O. The Labute approximate surface area is 100 Å². The molecular weight excluding hydrogens is 251 g/mol. The second-order valence-corrected chi connectivity index (χ2v) is 3.69. The molecule has 0 fully saturated rings. The highest BCUT2D eigenvalue weighted by molar-refractivity contribution is 6.43. The van der Waals surface area contributed by atoms with Gasteiger partial charge in [0.2, 0.25) is 5.95 Å². The number of hydrogen-bond acceptors (Lipinski definition) is 4. The molecule has 7 heteroatoms. The van der Waals surface area contributed by atoms with E-state index in [1.807, 2.05) is 0 Å². The Morgan fingerprint density at radius 2 is 2.12 bits per heavy atom. The first-order chi connectivity index (χ1) is 7.66. The van der Waals surface area contributed by atoms with Gasteiger partial charge >= 0.3 is 0 Å². The largest absolute Gasteiger partial charge is 0.323 e. The van der Waals surface area contributed by atoms with Gasteiger partial charge in [-0.2, -0.15) is 0 Å². The molecule has 0 aliphatic rings. The van der Waals surface area contributed by atoms with Crippen molar-refractivity contribution in [2.75, 3.05) is 5.32 Å². The number of aromatic amines is 1. The van der Waals surface area contributed by atoms with Crippen LogP contribution in [0.4, 0.5) is 11.6 Å². The first-order valence-electron chi connectivity index (χ1n) is 4.30. The number of nitrogens with zero attached hydrogens (tertiary/aromatic N) is 2. The molecule has 82 valence electrons. The van der Waals surface area contributed by atoms with Gasteiger partial charge in [0.1, 0.15) is 6.20 Å². The number of aromatic nitrogens is 3. The zero-order chi connectivity index (χ0) is 11.5. The van der Waals surface area contributed by atoms with Gasteiger partial charge in [-0.15, -0.1) is 10.2 Å². The van der Waals surface area contributed by atoms with Gasteiger partial charge in [-0.25, -0.2) is 0 Å². The van der Waals surface area contributed by atoms with Crippen molar-refractivity contribution in [3.05, 3.63) is 44.8 Å². The third kappa shape index (κ3) is 2.32. The van der Waals surface area contributed by atoms with Crippen molar-refractivity contribution in [3.8, 4) is 0 Å². The lowest BCUT2D eigenvalue weighted by atomic mass is 10.3. The first-order valence-corrected chi connectivity index (χ1v) is 5.05. The zero-order valence-corrected chi connectivity index (χ0v) is 9.38. The lowest BCUT2D eigenvalue weighted by Gasteiger charge is -2.06. The van der Waals surface area contributed by atoms with Crippen LogP contribution in [0.15, 0.2) is 29.2 Å². The summed E-state index contributed by atoms with van der Waals surface area (Å²) in [5.74, 6) is 0.205. The minimum Gasteiger partial charge on any atom is -0.323 e. The topological polar surface area (TPSA) is 70.7 Å². The predicted molar refractivity (Wildman–Crippen MR) is 62.4 cm³/mol. The number of rotatable bonds is 2. The summed E-state index contributed by atoms with van der Waals surface area (Å²) >= 11 is 11.8. The van der Waals surface area contributed by atoms with E-state index in [0.29, 0.717) is 15.7 Å². The molecule has 0 bridgehead atoms. The number of halogens is 2. The van der Waals surface area contributed by atoms with Gasteiger partial charge in [-0.1, -0.05) is 29.3 Å². The van der Waals surface area contributed by atoms with E-state index in [9.17, 15) is 4.79 Å². The number of nitrogens with one attached hydrogen (secondary N) is 2. The molecule has 0 radical (unpaired) electrons. The standard InChI is InChI=1S/C9H6Cl2N4O/c10-5-2-1-3-6(8(5)11)13-9-14-7(16)4-12-15-9/h1-4H,(H2,13,14,15,16). The molecule has 2 aromatic rings. The Hall–Kier alpha value is -1.59. The third-order valence-corrected chi connectivity index (χ3v) is 2.60. The van der Waals surface area contributed by atoms with Crippen LogP contribution in [-0.2, 0) is 0 Å². The van der Waals surface area contributed by atoms with Crippen LogP contribution in [0.2, 0.25) is 10.0 Å². The molecule has 0 aliphatic heterocycles. The van der Waals surface area contributed by atoms with Crippen LogP contribution in [0.3, 0.4) is 0 Å². The summed E-state index contributed by atoms with van der Waals surface area (Å²) in [5.41, 5.74) is 0.195. The molecule has 16 heavy (non-hydrogen) atoms. The quantitative estimate of drug-likeness (QED) is 0.865. The minimum absolute atomic E-state index is 0.205. The predicted octanol–water partition coefficient (Wildman–Crippen LogP) is 2.22. The van der Waals surface area contributed by atoms with Crippen LogP contribution in [-0.4, -0.2) is 15.2 Å². The SMILES string of the molecule is O=c1cnnc(Nc2cccc(Cl)c2Cl)[nH]1. The Bertz CT molecular complexity index is 569. The second-order valence-electron chi connectivity index (χ2n) is 2.91. The maximum Gasteiger partial charge on any atom is 0.271 e. The van der Waals surface area contributed by atoms with Crippen molar-refractivity contribution >= 4 is 34.8 Å². The summed E-state index contributed by atoms with van der Waals surface area (Å²) in [6, 6.07) is 5.10. The second kappa shape index (κ2) is 4.51. The van der Waals surface area contributed by atoms with Crippen molar-refractivity contribution in [1.29, 1.82) is 0 Å². The van der Waals surface area contributed by atoms with Crippen LogP contribution < -0.4 is 10.9 Å². The molecule has 0 unspecified atom stereocenters. The molecule has 1 heterocycles. The van der Waals surface area contributed by atoms with Crippen LogP contribution in [0, 0.1) is 0 Å². The number of benzene rings is 1.